The van der Waals surface area contributed by atoms with E-state index in [-0.39, 0.29) is 5.78 Å². The number of rotatable bonds is 1. The van der Waals surface area contributed by atoms with Crippen LogP contribution in [0.25, 0.3) is 0 Å². The minimum atomic E-state index is -0.975. The van der Waals surface area contributed by atoms with Gasteiger partial charge < -0.3 is 5.11 Å². The number of carboxylic acid groups (broad SMARTS) is 1. The molecule has 1 fully saturated rings. The first-order chi connectivity index (χ1) is 4.72. The van der Waals surface area contributed by atoms with Crippen LogP contribution in [0, 0.1) is 5.92 Å². The van der Waals surface area contributed by atoms with E-state index in [1.54, 1.807) is 0 Å². The third-order valence-corrected chi connectivity index (χ3v) is 2.53. The number of carbonyl (C=O) groups excluding carboxylic acids is 1. The highest BCUT2D eigenvalue weighted by molar-refractivity contribution is 7.99. The smallest absolute Gasteiger partial charge is 0.314 e. The molecule has 56 valence electrons. The van der Waals surface area contributed by atoms with Crippen molar-refractivity contribution in [3.63, 3.8) is 0 Å². The van der Waals surface area contributed by atoms with Gasteiger partial charge in [0.05, 0.1) is 0 Å². The molecule has 1 aliphatic rings. The van der Waals surface area contributed by atoms with Gasteiger partial charge in [0.2, 0.25) is 0 Å². The Labute approximate surface area is 62.8 Å². The lowest BCUT2D eigenvalue weighted by Crippen LogP contribution is -2.29. The summed E-state index contributed by atoms with van der Waals surface area (Å²) in [6.45, 7) is 0. The average molecular weight is 160 g/mol. The van der Waals surface area contributed by atoms with Crippen LogP contribution in [0.15, 0.2) is 0 Å². The predicted molar refractivity (Wildman–Crippen MR) is 38.1 cm³/mol. The van der Waals surface area contributed by atoms with Crippen molar-refractivity contribution in [1.82, 2.24) is 0 Å². The molecule has 1 atom stereocenters. The number of carbonyl (C=O) groups is 2. The fraction of sp³-hybridized carbons (Fsp3) is 0.667. The molecule has 0 radical (unpaired) electrons. The fourth-order valence-corrected chi connectivity index (χ4v) is 1.93. The third-order valence-electron chi connectivity index (χ3n) is 1.46. The SMILES string of the molecule is O=C(O)C1CSCCC1=O. The van der Waals surface area contributed by atoms with Crippen LogP contribution < -0.4 is 0 Å². The quantitative estimate of drug-likeness (QED) is 0.564. The zero-order chi connectivity index (χ0) is 7.56. The molecular formula is C6H8O3S. The van der Waals surface area contributed by atoms with Crippen LogP contribution in [0.4, 0.5) is 0 Å². The second-order valence-electron chi connectivity index (χ2n) is 2.18. The van der Waals surface area contributed by atoms with Crippen molar-refractivity contribution in [2.45, 2.75) is 6.42 Å². The minimum Gasteiger partial charge on any atom is -0.481 e. The molecule has 4 heteroatoms. The van der Waals surface area contributed by atoms with Gasteiger partial charge in [-0.1, -0.05) is 0 Å². The van der Waals surface area contributed by atoms with Crippen LogP contribution in [0.2, 0.25) is 0 Å². The van der Waals surface area contributed by atoms with Crippen molar-refractivity contribution in [1.29, 1.82) is 0 Å². The molecule has 0 amide bonds. The van der Waals surface area contributed by atoms with Crippen molar-refractivity contribution >= 4 is 23.5 Å². The summed E-state index contributed by atoms with van der Waals surface area (Å²) in [6, 6.07) is 0. The zero-order valence-electron chi connectivity index (χ0n) is 5.37. The number of thioether (sulfide) groups is 1. The van der Waals surface area contributed by atoms with Crippen LogP contribution in [0.3, 0.4) is 0 Å². The molecule has 0 aromatic heterocycles. The van der Waals surface area contributed by atoms with Crippen LogP contribution in [-0.2, 0) is 9.59 Å². The molecule has 1 unspecified atom stereocenters. The maximum absolute atomic E-state index is 10.8. The standard InChI is InChI=1S/C6H8O3S/c7-5-1-2-10-3-4(5)6(8)9/h4H,1-3H2,(H,8,9). The second-order valence-corrected chi connectivity index (χ2v) is 3.33. The maximum Gasteiger partial charge on any atom is 0.314 e. The van der Waals surface area contributed by atoms with E-state index in [0.29, 0.717) is 12.2 Å². The monoisotopic (exact) mass is 160 g/mol. The summed E-state index contributed by atoms with van der Waals surface area (Å²) in [5.41, 5.74) is 0. The van der Waals surface area contributed by atoms with Crippen molar-refractivity contribution in [3.8, 4) is 0 Å². The zero-order valence-corrected chi connectivity index (χ0v) is 6.19. The number of ketones is 1. The number of hydrogen-bond donors (Lipinski definition) is 1. The van der Waals surface area contributed by atoms with Gasteiger partial charge >= 0.3 is 5.97 Å². The van der Waals surface area contributed by atoms with Crippen LogP contribution in [0.5, 0.6) is 0 Å². The van der Waals surface area contributed by atoms with Crippen LogP contribution >= 0.6 is 11.8 Å². The summed E-state index contributed by atoms with van der Waals surface area (Å²) in [5.74, 6) is -0.598. The first kappa shape index (κ1) is 7.60. The fourth-order valence-electron chi connectivity index (χ4n) is 0.850. The van der Waals surface area contributed by atoms with Crippen molar-refractivity contribution in [2.75, 3.05) is 11.5 Å². The molecule has 0 aromatic rings. The summed E-state index contributed by atoms with van der Waals surface area (Å²) in [7, 11) is 0. The molecule has 1 rings (SSSR count). The van der Waals surface area contributed by atoms with Gasteiger partial charge in [-0.3, -0.25) is 9.59 Å². The Balaban J connectivity index is 2.56. The molecule has 0 aromatic carbocycles. The van der Waals surface area contributed by atoms with Crippen molar-refractivity contribution in [3.05, 3.63) is 0 Å². The summed E-state index contributed by atoms with van der Waals surface area (Å²) >= 11 is 1.53. The molecule has 1 heterocycles. The van der Waals surface area contributed by atoms with E-state index in [4.69, 9.17) is 5.11 Å². The van der Waals surface area contributed by atoms with Gasteiger partial charge in [-0.25, -0.2) is 0 Å². The molecule has 1 saturated heterocycles. The minimum absolute atomic E-state index is 0.119. The highest BCUT2D eigenvalue weighted by Crippen LogP contribution is 2.19. The molecule has 10 heavy (non-hydrogen) atoms. The Bertz CT molecular complexity index is 166. The van der Waals surface area contributed by atoms with Crippen molar-refractivity contribution in [2.24, 2.45) is 5.92 Å². The Morgan fingerprint density at radius 2 is 2.40 bits per heavy atom. The molecule has 3 nitrogen and oxygen atoms in total. The molecule has 0 aliphatic carbocycles. The molecule has 0 spiro atoms. The van der Waals surface area contributed by atoms with Gasteiger partial charge in [-0.2, -0.15) is 11.8 Å². The van der Waals surface area contributed by atoms with Gasteiger partial charge in [0.1, 0.15) is 11.7 Å². The first-order valence-electron chi connectivity index (χ1n) is 3.05. The van der Waals surface area contributed by atoms with Gasteiger partial charge in [0, 0.05) is 17.9 Å². The Morgan fingerprint density at radius 3 is 2.80 bits per heavy atom. The number of Topliss-reactive ketones (excluding diaryl/α,β-unsaturated/α-hetero) is 1. The summed E-state index contributed by atoms with van der Waals surface area (Å²) in [4.78, 5) is 21.2. The normalized spacial score (nSPS) is 26.4. The van der Waals surface area contributed by atoms with Crippen molar-refractivity contribution < 1.29 is 14.7 Å². The molecule has 0 saturated carbocycles. The van der Waals surface area contributed by atoms with E-state index in [0.717, 1.165) is 5.75 Å². The van der Waals surface area contributed by atoms with E-state index in [2.05, 4.69) is 0 Å². The Hall–Kier alpha value is -0.510. The topological polar surface area (TPSA) is 54.4 Å². The summed E-state index contributed by atoms with van der Waals surface area (Å²) < 4.78 is 0. The number of aliphatic carboxylic acids is 1. The van der Waals surface area contributed by atoms with Crippen LogP contribution in [-0.4, -0.2) is 28.4 Å². The lowest BCUT2D eigenvalue weighted by Gasteiger charge is -2.15. The molecule has 0 bridgehead atoms. The van der Waals surface area contributed by atoms with Crippen LogP contribution in [0.1, 0.15) is 6.42 Å². The lowest BCUT2D eigenvalue weighted by atomic mass is 10.0. The summed E-state index contributed by atoms with van der Waals surface area (Å²) in [5, 5.41) is 8.47. The highest BCUT2D eigenvalue weighted by atomic mass is 32.2. The van der Waals surface area contributed by atoms with E-state index >= 15 is 0 Å². The lowest BCUT2D eigenvalue weighted by molar-refractivity contribution is -0.145. The van der Waals surface area contributed by atoms with Gasteiger partial charge in [-0.05, 0) is 0 Å². The number of hydrogen-bond acceptors (Lipinski definition) is 3. The van der Waals surface area contributed by atoms with Gasteiger partial charge in [-0.15, -0.1) is 0 Å². The van der Waals surface area contributed by atoms with E-state index in [1.165, 1.54) is 11.8 Å². The number of carboxylic acids is 1. The first-order valence-corrected chi connectivity index (χ1v) is 4.20. The maximum atomic E-state index is 10.8. The average Bonchev–Trinajstić information content (AvgIpc) is 1.88. The predicted octanol–water partition coefficient (Wildman–Crippen LogP) is 0.393. The Morgan fingerprint density at radius 1 is 1.70 bits per heavy atom. The highest BCUT2D eigenvalue weighted by Gasteiger charge is 2.28. The van der Waals surface area contributed by atoms with Gasteiger partial charge in [0.25, 0.3) is 0 Å². The second kappa shape index (κ2) is 3.05. The van der Waals surface area contributed by atoms with E-state index in [1.807, 2.05) is 0 Å². The van der Waals surface area contributed by atoms with E-state index in [9.17, 15) is 9.59 Å². The third kappa shape index (κ3) is 1.50. The largest absolute Gasteiger partial charge is 0.481 e. The Kier molecular flexibility index (Phi) is 2.32. The molecular weight excluding hydrogens is 152 g/mol. The van der Waals surface area contributed by atoms with E-state index < -0.39 is 11.9 Å². The van der Waals surface area contributed by atoms with Gasteiger partial charge in [0.15, 0.2) is 0 Å². The molecule has 1 aliphatic heterocycles. The molecule has 1 N–H and O–H groups in total. The summed E-state index contributed by atoms with van der Waals surface area (Å²) in [6.07, 6.45) is 0.418.